The maximum atomic E-state index is 10.6. The normalized spacial score (nSPS) is 10.6. The highest BCUT2D eigenvalue weighted by molar-refractivity contribution is 7.16. The van der Waals surface area contributed by atoms with Gasteiger partial charge in [0, 0.05) is 11.1 Å². The number of aryl methyl sites for hydroxylation is 1. The molecule has 0 bridgehead atoms. The Kier molecular flexibility index (Phi) is 2.21. The minimum atomic E-state index is -0.801. The van der Waals surface area contributed by atoms with E-state index in [-0.39, 0.29) is 6.42 Å². The van der Waals surface area contributed by atoms with Gasteiger partial charge in [-0.3, -0.25) is 4.79 Å². The largest absolute Gasteiger partial charge is 0.481 e. The smallest absolute Gasteiger partial charge is 0.307 e. The Morgan fingerprint density at radius 3 is 3.07 bits per heavy atom. The van der Waals surface area contributed by atoms with Gasteiger partial charge in [0.2, 0.25) is 0 Å². The van der Waals surface area contributed by atoms with Gasteiger partial charge in [-0.05, 0) is 30.0 Å². The van der Waals surface area contributed by atoms with E-state index in [9.17, 15) is 4.79 Å². The maximum Gasteiger partial charge on any atom is 0.307 e. The first-order valence-corrected chi connectivity index (χ1v) is 5.10. The third kappa shape index (κ3) is 1.61. The quantitative estimate of drug-likeness (QED) is 0.821. The van der Waals surface area contributed by atoms with E-state index in [4.69, 9.17) is 5.11 Å². The molecule has 0 amide bonds. The van der Waals surface area contributed by atoms with Crippen molar-refractivity contribution in [2.45, 2.75) is 13.3 Å². The first-order chi connectivity index (χ1) is 6.66. The van der Waals surface area contributed by atoms with E-state index in [1.54, 1.807) is 0 Å². The van der Waals surface area contributed by atoms with E-state index in [1.165, 1.54) is 11.3 Å². The lowest BCUT2D eigenvalue weighted by molar-refractivity contribution is -0.136. The van der Waals surface area contributed by atoms with Crippen LogP contribution in [0, 0.1) is 6.92 Å². The van der Waals surface area contributed by atoms with E-state index >= 15 is 0 Å². The van der Waals surface area contributed by atoms with E-state index in [0.29, 0.717) is 0 Å². The molecule has 0 radical (unpaired) electrons. The lowest BCUT2D eigenvalue weighted by atomic mass is 10.1. The Hall–Kier alpha value is -1.42. The van der Waals surface area contributed by atoms with Crippen molar-refractivity contribution in [2.75, 3.05) is 0 Å². The van der Waals surface area contributed by atoms with Crippen LogP contribution in [0.2, 0.25) is 0 Å². The van der Waals surface area contributed by atoms with Crippen LogP contribution in [0.5, 0.6) is 0 Å². The maximum absolute atomic E-state index is 10.6. The third-order valence-corrected chi connectivity index (χ3v) is 2.94. The zero-order valence-corrected chi connectivity index (χ0v) is 8.47. The molecular weight excluding hydrogens is 198 g/mol. The van der Waals surface area contributed by atoms with Crippen LogP contribution in [0.1, 0.15) is 11.3 Å². The number of carbonyl (C=O) groups is 1. The molecule has 0 aliphatic rings. The van der Waals surface area contributed by atoms with Crippen LogP contribution in [0.25, 0.3) is 10.2 Å². The van der Waals surface area contributed by atoms with E-state index in [2.05, 4.69) is 4.98 Å². The van der Waals surface area contributed by atoms with Crippen molar-refractivity contribution < 1.29 is 9.90 Å². The Bertz CT molecular complexity index is 490. The average Bonchev–Trinajstić information content (AvgIpc) is 2.47. The number of carboxylic acid groups (broad SMARTS) is 1. The highest BCUT2D eigenvalue weighted by atomic mass is 32.1. The number of rotatable bonds is 2. The van der Waals surface area contributed by atoms with Gasteiger partial charge in [0.25, 0.3) is 0 Å². The second kappa shape index (κ2) is 3.38. The summed E-state index contributed by atoms with van der Waals surface area (Å²) in [6.45, 7) is 1.93. The fraction of sp³-hybridized carbons (Fsp3) is 0.200. The van der Waals surface area contributed by atoms with E-state index in [0.717, 1.165) is 21.5 Å². The van der Waals surface area contributed by atoms with Crippen LogP contribution in [0.15, 0.2) is 17.5 Å². The van der Waals surface area contributed by atoms with Crippen molar-refractivity contribution >= 4 is 27.5 Å². The summed E-state index contributed by atoms with van der Waals surface area (Å²) in [6, 6.07) is 3.84. The Morgan fingerprint density at radius 1 is 1.57 bits per heavy atom. The molecule has 2 aromatic rings. The zero-order chi connectivity index (χ0) is 10.1. The molecule has 72 valence electrons. The fourth-order valence-corrected chi connectivity index (χ4v) is 2.34. The molecule has 0 saturated carbocycles. The average molecular weight is 207 g/mol. The second-order valence-corrected chi connectivity index (χ2v) is 3.99. The highest BCUT2D eigenvalue weighted by Crippen LogP contribution is 2.24. The van der Waals surface area contributed by atoms with Gasteiger partial charge in [0.15, 0.2) is 0 Å². The SMILES string of the molecule is Cc1ccc2c(CC(=O)O)csc2n1. The van der Waals surface area contributed by atoms with Crippen LogP contribution in [-0.4, -0.2) is 16.1 Å². The van der Waals surface area contributed by atoms with Crippen LogP contribution < -0.4 is 0 Å². The molecule has 2 aromatic heterocycles. The summed E-state index contributed by atoms with van der Waals surface area (Å²) in [5.41, 5.74) is 1.81. The molecular formula is C10H9NO2S. The van der Waals surface area contributed by atoms with Crippen molar-refractivity contribution in [3.63, 3.8) is 0 Å². The van der Waals surface area contributed by atoms with Crippen molar-refractivity contribution in [2.24, 2.45) is 0 Å². The van der Waals surface area contributed by atoms with Gasteiger partial charge >= 0.3 is 5.97 Å². The molecule has 14 heavy (non-hydrogen) atoms. The minimum absolute atomic E-state index is 0.0741. The molecule has 0 aliphatic carbocycles. The monoisotopic (exact) mass is 207 g/mol. The summed E-state index contributed by atoms with van der Waals surface area (Å²) in [4.78, 5) is 15.8. The topological polar surface area (TPSA) is 50.2 Å². The summed E-state index contributed by atoms with van der Waals surface area (Å²) in [5, 5.41) is 11.5. The molecule has 0 atom stereocenters. The van der Waals surface area contributed by atoms with Gasteiger partial charge in [-0.25, -0.2) is 4.98 Å². The molecule has 0 aliphatic heterocycles. The second-order valence-electron chi connectivity index (χ2n) is 3.14. The van der Waals surface area contributed by atoms with Crippen LogP contribution in [0.4, 0.5) is 0 Å². The lowest BCUT2D eigenvalue weighted by Gasteiger charge is -1.95. The number of carboxylic acids is 1. The molecule has 2 heterocycles. The molecule has 4 heteroatoms. The Labute approximate surface area is 85.0 Å². The molecule has 1 N–H and O–H groups in total. The molecule has 0 saturated heterocycles. The number of hydrogen-bond acceptors (Lipinski definition) is 3. The Balaban J connectivity index is 2.52. The van der Waals surface area contributed by atoms with Crippen LogP contribution in [0.3, 0.4) is 0 Å². The van der Waals surface area contributed by atoms with E-state index < -0.39 is 5.97 Å². The first-order valence-electron chi connectivity index (χ1n) is 4.22. The van der Waals surface area contributed by atoms with Gasteiger partial charge in [0.1, 0.15) is 4.83 Å². The fourth-order valence-electron chi connectivity index (χ4n) is 1.36. The molecule has 2 rings (SSSR count). The summed E-state index contributed by atoms with van der Waals surface area (Å²) >= 11 is 1.50. The highest BCUT2D eigenvalue weighted by Gasteiger charge is 2.08. The number of aliphatic carboxylic acids is 1. The van der Waals surface area contributed by atoms with Crippen molar-refractivity contribution in [1.82, 2.24) is 4.98 Å². The molecule has 0 aromatic carbocycles. The number of aromatic nitrogens is 1. The summed E-state index contributed by atoms with van der Waals surface area (Å²) in [6.07, 6.45) is 0.0741. The molecule has 0 fully saturated rings. The van der Waals surface area contributed by atoms with E-state index in [1.807, 2.05) is 24.4 Å². The molecule has 0 unspecified atom stereocenters. The van der Waals surface area contributed by atoms with Gasteiger partial charge in [-0.1, -0.05) is 0 Å². The number of nitrogens with zero attached hydrogens (tertiary/aromatic N) is 1. The third-order valence-electron chi connectivity index (χ3n) is 2.00. The number of fused-ring (bicyclic) bond motifs is 1. The van der Waals surface area contributed by atoms with Crippen molar-refractivity contribution in [1.29, 1.82) is 0 Å². The first kappa shape index (κ1) is 9.15. The minimum Gasteiger partial charge on any atom is -0.481 e. The van der Waals surface area contributed by atoms with Gasteiger partial charge < -0.3 is 5.11 Å². The van der Waals surface area contributed by atoms with Crippen molar-refractivity contribution in [3.05, 3.63) is 28.8 Å². The summed E-state index contributed by atoms with van der Waals surface area (Å²) in [7, 11) is 0. The van der Waals surface area contributed by atoms with Gasteiger partial charge in [-0.15, -0.1) is 11.3 Å². The predicted octanol–water partition coefficient (Wildman–Crippen LogP) is 2.23. The zero-order valence-electron chi connectivity index (χ0n) is 7.65. The van der Waals surface area contributed by atoms with Gasteiger partial charge in [0.05, 0.1) is 6.42 Å². The number of thiophene rings is 1. The van der Waals surface area contributed by atoms with Crippen LogP contribution >= 0.6 is 11.3 Å². The standard InChI is InChI=1S/C10H9NO2S/c1-6-2-3-8-7(4-9(12)13)5-14-10(8)11-6/h2-3,5H,4H2,1H3,(H,12,13). The summed E-state index contributed by atoms with van der Waals surface area (Å²) < 4.78 is 0. The predicted molar refractivity (Wildman–Crippen MR) is 55.7 cm³/mol. The molecule has 3 nitrogen and oxygen atoms in total. The molecule has 0 spiro atoms. The van der Waals surface area contributed by atoms with Gasteiger partial charge in [-0.2, -0.15) is 0 Å². The summed E-state index contributed by atoms with van der Waals surface area (Å²) in [5.74, 6) is -0.801. The number of hydrogen-bond donors (Lipinski definition) is 1. The lowest BCUT2D eigenvalue weighted by Crippen LogP contribution is -1.98. The Morgan fingerprint density at radius 2 is 2.36 bits per heavy atom. The van der Waals surface area contributed by atoms with Crippen molar-refractivity contribution in [3.8, 4) is 0 Å². The number of pyridine rings is 1. The van der Waals surface area contributed by atoms with Crippen LogP contribution in [-0.2, 0) is 11.2 Å².